The molecule has 29 heavy (non-hydrogen) atoms. The van der Waals surface area contributed by atoms with Gasteiger partial charge in [0, 0.05) is 0 Å². The zero-order chi connectivity index (χ0) is 20.4. The van der Waals surface area contributed by atoms with Crippen molar-refractivity contribution in [3.05, 3.63) is 48.0 Å². The summed E-state index contributed by atoms with van der Waals surface area (Å²) < 4.78 is 38.9. The summed E-state index contributed by atoms with van der Waals surface area (Å²) in [5.41, 5.74) is 0.509. The van der Waals surface area contributed by atoms with Gasteiger partial charge in [-0.2, -0.15) is 8.42 Å². The number of aryl methyl sites for hydroxylation is 1. The molecule has 0 aliphatic carbocycles. The van der Waals surface area contributed by atoms with Crippen molar-refractivity contribution < 1.29 is 74.2 Å². The molecule has 0 saturated heterocycles. The number of para-hydroxylation sites is 1. The second kappa shape index (κ2) is 13.8. The van der Waals surface area contributed by atoms with Gasteiger partial charge in [-0.25, -0.2) is 0 Å². The summed E-state index contributed by atoms with van der Waals surface area (Å²) in [5, 5.41) is 12.0. The number of hydrogen-bond donors (Lipinski definition) is 1. The summed E-state index contributed by atoms with van der Waals surface area (Å²) in [6.45, 7) is 2.19. The molecule has 154 valence electrons. The Bertz CT molecular complexity index is 838. The predicted octanol–water partition coefficient (Wildman–Crippen LogP) is 2.49. The minimum atomic E-state index is -4.57. The summed E-state index contributed by atoms with van der Waals surface area (Å²) in [6.07, 6.45) is 9.65. The van der Waals surface area contributed by atoms with E-state index in [2.05, 4.69) is 6.92 Å². The van der Waals surface area contributed by atoms with Gasteiger partial charge in [0.1, 0.15) is 10.6 Å². The van der Waals surface area contributed by atoms with Crippen LogP contribution in [0.5, 0.6) is 17.2 Å². The fraction of sp³-hybridized carbons (Fsp3) is 0.455. The van der Waals surface area contributed by atoms with Gasteiger partial charge in [0.05, 0.1) is 0 Å². The molecular weight excluding hydrogens is 415 g/mol. The van der Waals surface area contributed by atoms with Crippen molar-refractivity contribution in [1.29, 1.82) is 0 Å². The maximum absolute atomic E-state index is 12.0. The summed E-state index contributed by atoms with van der Waals surface area (Å²) in [5.74, 6) is 0.0297. The third-order valence-corrected chi connectivity index (χ3v) is 5.51. The van der Waals surface area contributed by atoms with Crippen LogP contribution in [0.25, 0.3) is 0 Å². The van der Waals surface area contributed by atoms with E-state index in [0.29, 0.717) is 17.7 Å². The van der Waals surface area contributed by atoms with Crippen molar-refractivity contribution in [2.75, 3.05) is 0 Å². The molecule has 0 unspecified atom stereocenters. The van der Waals surface area contributed by atoms with E-state index >= 15 is 0 Å². The molecule has 0 atom stereocenters. The van der Waals surface area contributed by atoms with E-state index < -0.39 is 20.8 Å². The molecule has 7 heteroatoms. The molecule has 2 rings (SSSR count). The molecule has 0 heterocycles. The number of ether oxygens (including phenoxy) is 1. The normalized spacial score (nSPS) is 11.1. The average molecular weight is 445 g/mol. The minimum Gasteiger partial charge on any atom is -0.872 e. The Hall–Kier alpha value is -0.414. The summed E-state index contributed by atoms with van der Waals surface area (Å²) >= 11 is 0. The zero-order valence-corrected chi connectivity index (χ0v) is 21.3. The molecule has 0 amide bonds. The molecule has 0 saturated carbocycles. The van der Waals surface area contributed by atoms with E-state index in [1.165, 1.54) is 38.2 Å². The number of benzene rings is 2. The molecule has 0 fully saturated rings. The van der Waals surface area contributed by atoms with Crippen molar-refractivity contribution in [3.8, 4) is 17.2 Å². The van der Waals surface area contributed by atoms with Crippen LogP contribution < -0.4 is 61.2 Å². The summed E-state index contributed by atoms with van der Waals surface area (Å²) in [7, 11) is -4.57. The second-order valence-corrected chi connectivity index (χ2v) is 8.41. The predicted molar refractivity (Wildman–Crippen MR) is 109 cm³/mol. The molecule has 0 aromatic heterocycles. The van der Waals surface area contributed by atoms with Crippen LogP contribution >= 0.6 is 0 Å². The molecule has 0 aliphatic heterocycles. The molecule has 2 aromatic carbocycles. The van der Waals surface area contributed by atoms with Crippen molar-refractivity contribution in [2.45, 2.75) is 69.6 Å². The largest absolute Gasteiger partial charge is 1.00 e. The van der Waals surface area contributed by atoms with Gasteiger partial charge >= 0.3 is 51.4 Å². The van der Waals surface area contributed by atoms with Crippen molar-refractivity contribution in [3.63, 3.8) is 0 Å². The van der Waals surface area contributed by atoms with E-state index in [1.807, 2.05) is 6.07 Å². The average Bonchev–Trinajstić information content (AvgIpc) is 2.65. The SMILES string of the molecule is CCCCCCCCCCc1cc([O-])cc(S(=O)(=O)O)c1Oc1ccccc1.[K+]. The third-order valence-electron chi connectivity index (χ3n) is 4.65. The molecule has 1 N–H and O–H groups in total. The quantitative estimate of drug-likeness (QED) is 0.309. The Morgan fingerprint density at radius 2 is 1.52 bits per heavy atom. The monoisotopic (exact) mass is 444 g/mol. The summed E-state index contributed by atoms with van der Waals surface area (Å²) in [6, 6.07) is 11.0. The maximum Gasteiger partial charge on any atom is 1.00 e. The van der Waals surface area contributed by atoms with Crippen LogP contribution in [0.3, 0.4) is 0 Å². The fourth-order valence-electron chi connectivity index (χ4n) is 3.18. The van der Waals surface area contributed by atoms with Gasteiger partial charge in [-0.05, 0) is 36.6 Å². The van der Waals surface area contributed by atoms with Gasteiger partial charge in [-0.15, -0.1) is 5.75 Å². The molecule has 0 bridgehead atoms. The van der Waals surface area contributed by atoms with Gasteiger partial charge < -0.3 is 9.84 Å². The Kier molecular flexibility index (Phi) is 12.7. The van der Waals surface area contributed by atoms with Crippen LogP contribution in [-0.2, 0) is 16.5 Å². The Balaban J connectivity index is 0.00000420. The van der Waals surface area contributed by atoms with Crippen LogP contribution in [0.2, 0.25) is 0 Å². The Labute approximate surface area is 217 Å². The molecule has 5 nitrogen and oxygen atoms in total. The van der Waals surface area contributed by atoms with E-state index in [0.717, 1.165) is 25.3 Å². The first kappa shape index (κ1) is 26.6. The first-order chi connectivity index (χ1) is 13.4. The van der Waals surface area contributed by atoms with Gasteiger partial charge in [-0.3, -0.25) is 4.55 Å². The molecule has 2 aromatic rings. The maximum atomic E-state index is 12.0. The van der Waals surface area contributed by atoms with Crippen molar-refractivity contribution >= 4 is 10.1 Å². The van der Waals surface area contributed by atoms with E-state index in [1.54, 1.807) is 24.3 Å². The number of rotatable bonds is 12. The Morgan fingerprint density at radius 3 is 2.10 bits per heavy atom. The van der Waals surface area contributed by atoms with Gasteiger partial charge in [-0.1, -0.05) is 76.1 Å². The van der Waals surface area contributed by atoms with Crippen LogP contribution in [0.1, 0.15) is 63.9 Å². The van der Waals surface area contributed by atoms with Gasteiger partial charge in [0.15, 0.2) is 5.75 Å². The van der Waals surface area contributed by atoms with Crippen molar-refractivity contribution in [1.82, 2.24) is 0 Å². The van der Waals surface area contributed by atoms with Crippen LogP contribution in [0.15, 0.2) is 47.4 Å². The molecule has 0 radical (unpaired) electrons. The van der Waals surface area contributed by atoms with Crippen LogP contribution in [0.4, 0.5) is 0 Å². The van der Waals surface area contributed by atoms with Gasteiger partial charge in [0.2, 0.25) is 0 Å². The number of unbranched alkanes of at least 4 members (excludes halogenated alkanes) is 7. The topological polar surface area (TPSA) is 86.7 Å². The van der Waals surface area contributed by atoms with E-state index in [-0.39, 0.29) is 57.1 Å². The molecule has 0 aliphatic rings. The second-order valence-electron chi connectivity index (χ2n) is 7.02. The standard InChI is InChI=1S/C22H30O5S.K/c1-2-3-4-5-6-7-8-10-13-18-16-19(23)17-21(28(24,25)26)22(18)27-20-14-11-9-12-15-20;/h9,11-12,14-17,23H,2-8,10,13H2,1H3,(H,24,25,26);/q;+1/p-1. The first-order valence-electron chi connectivity index (χ1n) is 9.96. The summed E-state index contributed by atoms with van der Waals surface area (Å²) in [4.78, 5) is -0.474. The minimum absolute atomic E-state index is 0. The van der Waals surface area contributed by atoms with E-state index in [9.17, 15) is 18.1 Å². The third kappa shape index (κ3) is 9.51. The smallest absolute Gasteiger partial charge is 0.872 e. The van der Waals surface area contributed by atoms with Crippen molar-refractivity contribution in [2.24, 2.45) is 0 Å². The van der Waals surface area contributed by atoms with Crippen LogP contribution in [-0.4, -0.2) is 13.0 Å². The van der Waals surface area contributed by atoms with E-state index in [4.69, 9.17) is 4.74 Å². The molecule has 0 spiro atoms. The zero-order valence-electron chi connectivity index (χ0n) is 17.4. The van der Waals surface area contributed by atoms with Gasteiger partial charge in [0.25, 0.3) is 10.1 Å². The molecular formula is C22H29KO5S. The first-order valence-corrected chi connectivity index (χ1v) is 11.4. The number of hydrogen-bond acceptors (Lipinski definition) is 4. The fourth-order valence-corrected chi connectivity index (χ4v) is 3.85. The Morgan fingerprint density at radius 1 is 0.931 bits per heavy atom. The van der Waals surface area contributed by atoms with Crippen LogP contribution in [0, 0.1) is 0 Å².